The summed E-state index contributed by atoms with van der Waals surface area (Å²) in [4.78, 5) is 3.96. The van der Waals surface area contributed by atoms with Gasteiger partial charge in [-0.25, -0.2) is 0 Å². The van der Waals surface area contributed by atoms with Crippen molar-refractivity contribution in [1.29, 1.82) is 0 Å². The minimum atomic E-state index is -0.122. The second kappa shape index (κ2) is 4.42. The van der Waals surface area contributed by atoms with E-state index in [2.05, 4.69) is 10.3 Å². The molecular formula is C11H16N2O. The molecule has 0 radical (unpaired) electrons. The van der Waals surface area contributed by atoms with Crippen molar-refractivity contribution in [3.8, 4) is 0 Å². The monoisotopic (exact) mass is 192 g/mol. The van der Waals surface area contributed by atoms with Gasteiger partial charge in [0.15, 0.2) is 0 Å². The highest BCUT2D eigenvalue weighted by molar-refractivity contribution is 5.41. The van der Waals surface area contributed by atoms with Crippen molar-refractivity contribution < 1.29 is 5.11 Å². The molecule has 2 atom stereocenters. The van der Waals surface area contributed by atoms with Gasteiger partial charge in [0.25, 0.3) is 0 Å². The van der Waals surface area contributed by atoms with E-state index in [1.807, 2.05) is 12.1 Å². The Labute approximate surface area is 84.2 Å². The van der Waals surface area contributed by atoms with Gasteiger partial charge in [0.05, 0.1) is 6.10 Å². The zero-order valence-corrected chi connectivity index (χ0v) is 8.19. The van der Waals surface area contributed by atoms with Crippen molar-refractivity contribution in [1.82, 2.24) is 4.98 Å². The van der Waals surface area contributed by atoms with E-state index >= 15 is 0 Å². The standard InChI is InChI=1S/C11H16N2O/c14-11-3-1-2-10(8-11)13-9-4-6-12-7-5-9/h4-7,10-11,14H,1-3,8H2,(H,12,13)/t10-,11+/m0/s1. The Kier molecular flexibility index (Phi) is 2.99. The van der Waals surface area contributed by atoms with Crippen LogP contribution in [0, 0.1) is 0 Å². The van der Waals surface area contributed by atoms with Crippen LogP contribution in [0.4, 0.5) is 5.69 Å². The third-order valence-electron chi connectivity index (χ3n) is 2.70. The molecule has 14 heavy (non-hydrogen) atoms. The molecule has 2 rings (SSSR count). The summed E-state index contributed by atoms with van der Waals surface area (Å²) in [5.74, 6) is 0. The maximum Gasteiger partial charge on any atom is 0.0559 e. The molecule has 76 valence electrons. The summed E-state index contributed by atoms with van der Waals surface area (Å²) in [5, 5.41) is 12.9. The van der Waals surface area contributed by atoms with Crippen molar-refractivity contribution in [2.45, 2.75) is 37.8 Å². The van der Waals surface area contributed by atoms with Crippen LogP contribution in [-0.4, -0.2) is 22.2 Å². The second-order valence-corrected chi connectivity index (χ2v) is 3.90. The predicted octanol–water partition coefficient (Wildman–Crippen LogP) is 1.80. The highest BCUT2D eigenvalue weighted by Crippen LogP contribution is 2.21. The molecule has 1 saturated carbocycles. The molecule has 0 unspecified atom stereocenters. The summed E-state index contributed by atoms with van der Waals surface area (Å²) in [5.41, 5.74) is 1.10. The zero-order chi connectivity index (χ0) is 9.80. The van der Waals surface area contributed by atoms with Crippen molar-refractivity contribution in [2.24, 2.45) is 0 Å². The van der Waals surface area contributed by atoms with Gasteiger partial charge in [-0.15, -0.1) is 0 Å². The molecule has 0 aromatic carbocycles. The lowest BCUT2D eigenvalue weighted by molar-refractivity contribution is 0.124. The van der Waals surface area contributed by atoms with E-state index in [4.69, 9.17) is 0 Å². The Bertz CT molecular complexity index is 276. The van der Waals surface area contributed by atoms with Crippen LogP contribution in [0.15, 0.2) is 24.5 Å². The van der Waals surface area contributed by atoms with Crippen LogP contribution in [0.5, 0.6) is 0 Å². The number of nitrogens with one attached hydrogen (secondary N) is 1. The fourth-order valence-corrected chi connectivity index (χ4v) is 1.98. The van der Waals surface area contributed by atoms with Crippen molar-refractivity contribution >= 4 is 5.69 Å². The van der Waals surface area contributed by atoms with E-state index in [0.717, 1.165) is 31.4 Å². The molecule has 0 amide bonds. The van der Waals surface area contributed by atoms with Gasteiger partial charge in [-0.05, 0) is 37.8 Å². The van der Waals surface area contributed by atoms with Crippen LogP contribution in [0.25, 0.3) is 0 Å². The molecule has 2 N–H and O–H groups in total. The lowest BCUT2D eigenvalue weighted by Crippen LogP contribution is -2.29. The van der Waals surface area contributed by atoms with E-state index in [-0.39, 0.29) is 6.10 Å². The molecule has 0 aliphatic heterocycles. The number of aliphatic hydroxyl groups is 1. The summed E-state index contributed by atoms with van der Waals surface area (Å²) >= 11 is 0. The van der Waals surface area contributed by atoms with Crippen LogP contribution >= 0.6 is 0 Å². The first kappa shape index (κ1) is 9.46. The van der Waals surface area contributed by atoms with Gasteiger partial charge < -0.3 is 10.4 Å². The molecule has 0 bridgehead atoms. The minimum absolute atomic E-state index is 0.122. The van der Waals surface area contributed by atoms with Gasteiger partial charge in [-0.3, -0.25) is 4.98 Å². The number of nitrogens with zero attached hydrogens (tertiary/aromatic N) is 1. The van der Waals surface area contributed by atoms with Crippen molar-refractivity contribution in [3.63, 3.8) is 0 Å². The van der Waals surface area contributed by atoms with Crippen molar-refractivity contribution in [2.75, 3.05) is 5.32 Å². The molecule has 3 heteroatoms. The number of pyridine rings is 1. The van der Waals surface area contributed by atoms with Crippen LogP contribution in [0.3, 0.4) is 0 Å². The van der Waals surface area contributed by atoms with E-state index in [1.54, 1.807) is 12.4 Å². The summed E-state index contributed by atoms with van der Waals surface area (Å²) in [6.45, 7) is 0. The van der Waals surface area contributed by atoms with Gasteiger partial charge in [-0.1, -0.05) is 0 Å². The lowest BCUT2D eigenvalue weighted by Gasteiger charge is -2.27. The number of aliphatic hydroxyl groups excluding tert-OH is 1. The van der Waals surface area contributed by atoms with Crippen LogP contribution < -0.4 is 5.32 Å². The van der Waals surface area contributed by atoms with Crippen molar-refractivity contribution in [3.05, 3.63) is 24.5 Å². The first-order valence-corrected chi connectivity index (χ1v) is 5.19. The first-order chi connectivity index (χ1) is 6.84. The fraction of sp³-hybridized carbons (Fsp3) is 0.545. The maximum atomic E-state index is 9.51. The molecule has 1 heterocycles. The Balaban J connectivity index is 1.91. The fourth-order valence-electron chi connectivity index (χ4n) is 1.98. The number of anilines is 1. The molecule has 1 aromatic heterocycles. The summed E-state index contributed by atoms with van der Waals surface area (Å²) in [7, 11) is 0. The molecule has 1 aliphatic carbocycles. The Morgan fingerprint density at radius 1 is 1.29 bits per heavy atom. The van der Waals surface area contributed by atoms with E-state index in [0.29, 0.717) is 6.04 Å². The third-order valence-corrected chi connectivity index (χ3v) is 2.70. The highest BCUT2D eigenvalue weighted by Gasteiger charge is 2.19. The van der Waals surface area contributed by atoms with E-state index < -0.39 is 0 Å². The average Bonchev–Trinajstić information content (AvgIpc) is 2.19. The SMILES string of the molecule is O[C@@H]1CCC[C@H](Nc2ccncc2)C1. The highest BCUT2D eigenvalue weighted by atomic mass is 16.3. The number of hydrogen-bond acceptors (Lipinski definition) is 3. The Hall–Kier alpha value is -1.09. The Morgan fingerprint density at radius 3 is 2.79 bits per heavy atom. The van der Waals surface area contributed by atoms with Gasteiger partial charge >= 0.3 is 0 Å². The first-order valence-electron chi connectivity index (χ1n) is 5.19. The quantitative estimate of drug-likeness (QED) is 0.751. The largest absolute Gasteiger partial charge is 0.393 e. The van der Waals surface area contributed by atoms with Gasteiger partial charge in [0.1, 0.15) is 0 Å². The third kappa shape index (κ3) is 2.45. The zero-order valence-electron chi connectivity index (χ0n) is 8.19. The average molecular weight is 192 g/mol. The minimum Gasteiger partial charge on any atom is -0.393 e. The molecule has 0 saturated heterocycles. The summed E-state index contributed by atoms with van der Waals surface area (Å²) < 4.78 is 0. The van der Waals surface area contributed by atoms with Crippen LogP contribution in [-0.2, 0) is 0 Å². The number of aromatic nitrogens is 1. The van der Waals surface area contributed by atoms with E-state index in [1.165, 1.54) is 0 Å². The maximum absolute atomic E-state index is 9.51. The summed E-state index contributed by atoms with van der Waals surface area (Å²) in [6.07, 6.45) is 7.52. The lowest BCUT2D eigenvalue weighted by atomic mass is 9.93. The van der Waals surface area contributed by atoms with Gasteiger partial charge in [0, 0.05) is 24.1 Å². The second-order valence-electron chi connectivity index (χ2n) is 3.90. The predicted molar refractivity (Wildman–Crippen MR) is 56.1 cm³/mol. The molecule has 0 spiro atoms. The van der Waals surface area contributed by atoms with Crippen LogP contribution in [0.2, 0.25) is 0 Å². The Morgan fingerprint density at radius 2 is 2.07 bits per heavy atom. The molecule has 1 aliphatic rings. The van der Waals surface area contributed by atoms with E-state index in [9.17, 15) is 5.11 Å². The number of hydrogen-bond donors (Lipinski definition) is 2. The molecule has 1 fully saturated rings. The topological polar surface area (TPSA) is 45.1 Å². The number of rotatable bonds is 2. The molecule has 3 nitrogen and oxygen atoms in total. The van der Waals surface area contributed by atoms with Gasteiger partial charge in [0.2, 0.25) is 0 Å². The molecule has 1 aromatic rings. The smallest absolute Gasteiger partial charge is 0.0559 e. The molecular weight excluding hydrogens is 176 g/mol. The van der Waals surface area contributed by atoms with Gasteiger partial charge in [-0.2, -0.15) is 0 Å². The normalized spacial score (nSPS) is 27.2. The van der Waals surface area contributed by atoms with Crippen LogP contribution in [0.1, 0.15) is 25.7 Å². The summed E-state index contributed by atoms with van der Waals surface area (Å²) in [6, 6.07) is 4.34.